The fourth-order valence-electron chi connectivity index (χ4n) is 3.10. The average molecular weight is 332 g/mol. The minimum Gasteiger partial charge on any atom is -0.444 e. The Kier molecular flexibility index (Phi) is 3.61. The average Bonchev–Trinajstić information content (AvgIpc) is 3.12. The van der Waals surface area contributed by atoms with Crippen molar-refractivity contribution in [1.82, 2.24) is 4.57 Å². The molecule has 0 atom stereocenters. The van der Waals surface area contributed by atoms with E-state index >= 15 is 0 Å². The van der Waals surface area contributed by atoms with Crippen LogP contribution < -0.4 is 5.32 Å². The molecule has 0 radical (unpaired) electrons. The summed E-state index contributed by atoms with van der Waals surface area (Å²) in [6.45, 7) is 1.52. The maximum atomic E-state index is 12.3. The summed E-state index contributed by atoms with van der Waals surface area (Å²) in [7, 11) is 0. The first-order chi connectivity index (χ1) is 12.1. The summed E-state index contributed by atoms with van der Waals surface area (Å²) >= 11 is 0. The van der Waals surface area contributed by atoms with Crippen LogP contribution in [-0.4, -0.2) is 16.4 Å². The Balaban J connectivity index is 1.82. The molecule has 1 aliphatic rings. The topological polar surface area (TPSA) is 60.3 Å². The molecular weight excluding hydrogens is 316 g/mol. The van der Waals surface area contributed by atoms with Gasteiger partial charge in [0.15, 0.2) is 6.73 Å². The van der Waals surface area contributed by atoms with Crippen molar-refractivity contribution < 1.29 is 14.3 Å². The fraction of sp³-hybridized carbons (Fsp3) is 0.100. The fourth-order valence-corrected chi connectivity index (χ4v) is 3.10. The lowest BCUT2D eigenvalue weighted by atomic mass is 10.0. The number of nitrogens with zero attached hydrogens (tertiary/aromatic N) is 1. The van der Waals surface area contributed by atoms with Crippen molar-refractivity contribution in [2.24, 2.45) is 0 Å². The van der Waals surface area contributed by atoms with Gasteiger partial charge in [-0.05, 0) is 18.2 Å². The number of hydrogen-bond acceptors (Lipinski definition) is 3. The highest BCUT2D eigenvalue weighted by atomic mass is 16.5. The third kappa shape index (κ3) is 2.70. The second-order valence-corrected chi connectivity index (χ2v) is 5.89. The van der Waals surface area contributed by atoms with Crippen LogP contribution in [0.25, 0.3) is 22.6 Å². The van der Waals surface area contributed by atoms with Crippen LogP contribution in [0.4, 0.5) is 5.69 Å². The molecule has 0 saturated heterocycles. The zero-order valence-corrected chi connectivity index (χ0v) is 13.7. The van der Waals surface area contributed by atoms with Gasteiger partial charge in [0.2, 0.25) is 0 Å². The van der Waals surface area contributed by atoms with E-state index in [4.69, 9.17) is 4.74 Å². The molecule has 2 heterocycles. The molecule has 1 amide bonds. The van der Waals surface area contributed by atoms with Gasteiger partial charge >= 0.3 is 5.97 Å². The summed E-state index contributed by atoms with van der Waals surface area (Å²) in [5.41, 5.74) is 4.20. The standard InChI is InChI=1S/C20H16N2O3/c1-13(23)25-12-22-11-14(15-6-3-5-9-19(15)22)10-17-16-7-2-4-8-18(16)21-20(17)24/h2-11H,12H2,1H3,(H,21,24)/b17-10+. The van der Waals surface area contributed by atoms with Gasteiger partial charge in [0.05, 0.1) is 5.52 Å². The maximum absolute atomic E-state index is 12.3. The van der Waals surface area contributed by atoms with E-state index in [0.717, 1.165) is 27.7 Å². The number of esters is 1. The second kappa shape index (κ2) is 5.94. The van der Waals surface area contributed by atoms with Crippen molar-refractivity contribution in [3.8, 4) is 0 Å². The first-order valence-corrected chi connectivity index (χ1v) is 7.97. The van der Waals surface area contributed by atoms with Crippen LogP contribution in [-0.2, 0) is 21.1 Å². The van der Waals surface area contributed by atoms with E-state index in [9.17, 15) is 9.59 Å². The largest absolute Gasteiger partial charge is 0.444 e. The number of ether oxygens (including phenoxy) is 1. The minimum absolute atomic E-state index is 0.113. The first kappa shape index (κ1) is 15.2. The first-order valence-electron chi connectivity index (χ1n) is 7.97. The summed E-state index contributed by atoms with van der Waals surface area (Å²) in [6.07, 6.45) is 3.78. The number of benzene rings is 2. The van der Waals surface area contributed by atoms with Crippen molar-refractivity contribution in [2.45, 2.75) is 13.7 Å². The number of rotatable bonds is 3. The Morgan fingerprint density at radius 3 is 2.76 bits per heavy atom. The van der Waals surface area contributed by atoms with E-state index in [1.54, 1.807) is 0 Å². The molecule has 0 saturated carbocycles. The molecule has 3 aromatic rings. The van der Waals surface area contributed by atoms with Crippen LogP contribution in [0.5, 0.6) is 0 Å². The highest BCUT2D eigenvalue weighted by Gasteiger charge is 2.23. The molecule has 25 heavy (non-hydrogen) atoms. The van der Waals surface area contributed by atoms with E-state index in [2.05, 4.69) is 5.32 Å². The number of aromatic nitrogens is 1. The quantitative estimate of drug-likeness (QED) is 0.588. The normalized spacial score (nSPS) is 14.6. The Hall–Kier alpha value is -3.34. The molecule has 0 aliphatic carbocycles. The number of carbonyl (C=O) groups excluding carboxylic acids is 2. The molecule has 5 nitrogen and oxygen atoms in total. The van der Waals surface area contributed by atoms with Crippen molar-refractivity contribution in [2.75, 3.05) is 5.32 Å². The zero-order chi connectivity index (χ0) is 17.4. The van der Waals surface area contributed by atoms with Gasteiger partial charge in [0.1, 0.15) is 0 Å². The number of nitrogens with one attached hydrogen (secondary N) is 1. The summed E-state index contributed by atoms with van der Waals surface area (Å²) in [5, 5.41) is 3.88. The molecule has 0 bridgehead atoms. The Bertz CT molecular complexity index is 1030. The molecule has 0 spiro atoms. The van der Waals surface area contributed by atoms with E-state index in [-0.39, 0.29) is 18.6 Å². The highest BCUT2D eigenvalue weighted by Crippen LogP contribution is 2.34. The van der Waals surface area contributed by atoms with Crippen LogP contribution in [0.3, 0.4) is 0 Å². The molecule has 0 unspecified atom stereocenters. The van der Waals surface area contributed by atoms with Gasteiger partial charge in [-0.2, -0.15) is 0 Å². The Morgan fingerprint density at radius 1 is 1.16 bits per heavy atom. The van der Waals surface area contributed by atoms with Gasteiger partial charge in [0.25, 0.3) is 5.91 Å². The lowest BCUT2D eigenvalue weighted by Gasteiger charge is -2.04. The van der Waals surface area contributed by atoms with E-state index in [1.165, 1.54) is 6.92 Å². The molecule has 0 fully saturated rings. The minimum atomic E-state index is -0.332. The molecule has 124 valence electrons. The SMILES string of the molecule is CC(=O)OCn1cc(/C=C2/C(=O)Nc3ccccc32)c2ccccc21. The lowest BCUT2D eigenvalue weighted by Crippen LogP contribution is -2.05. The van der Waals surface area contributed by atoms with Crippen molar-refractivity contribution in [3.63, 3.8) is 0 Å². The molecule has 1 N–H and O–H groups in total. The van der Waals surface area contributed by atoms with E-state index in [1.807, 2.05) is 65.4 Å². The molecule has 4 rings (SSSR count). The maximum Gasteiger partial charge on any atom is 0.304 e. The number of fused-ring (bicyclic) bond motifs is 2. The van der Waals surface area contributed by atoms with Crippen molar-refractivity contribution in [3.05, 3.63) is 65.9 Å². The van der Waals surface area contributed by atoms with Crippen LogP contribution in [0, 0.1) is 0 Å². The predicted molar refractivity (Wildman–Crippen MR) is 96.6 cm³/mol. The van der Waals surface area contributed by atoms with Crippen LogP contribution >= 0.6 is 0 Å². The molecule has 5 heteroatoms. The smallest absolute Gasteiger partial charge is 0.304 e. The monoisotopic (exact) mass is 332 g/mol. The third-order valence-corrected chi connectivity index (χ3v) is 4.24. The molecule has 2 aromatic carbocycles. The number of para-hydroxylation sites is 2. The highest BCUT2D eigenvalue weighted by molar-refractivity contribution is 6.35. The van der Waals surface area contributed by atoms with Crippen LogP contribution in [0.1, 0.15) is 18.1 Å². The number of hydrogen-bond donors (Lipinski definition) is 1. The summed E-state index contributed by atoms with van der Waals surface area (Å²) in [4.78, 5) is 23.5. The Labute approximate surface area is 144 Å². The predicted octanol–water partition coefficient (Wildman–Crippen LogP) is 3.65. The lowest BCUT2D eigenvalue weighted by molar-refractivity contribution is -0.144. The number of carbonyl (C=O) groups is 2. The van der Waals surface area contributed by atoms with E-state index < -0.39 is 0 Å². The van der Waals surface area contributed by atoms with Gasteiger partial charge in [0, 0.05) is 40.9 Å². The molecule has 1 aliphatic heterocycles. The van der Waals surface area contributed by atoms with Crippen LogP contribution in [0.2, 0.25) is 0 Å². The zero-order valence-electron chi connectivity index (χ0n) is 13.7. The van der Waals surface area contributed by atoms with Crippen molar-refractivity contribution in [1.29, 1.82) is 0 Å². The van der Waals surface area contributed by atoms with Gasteiger partial charge in [-0.1, -0.05) is 36.4 Å². The summed E-state index contributed by atoms with van der Waals surface area (Å²) in [6, 6.07) is 15.5. The third-order valence-electron chi connectivity index (χ3n) is 4.24. The number of amides is 1. The summed E-state index contributed by atoms with van der Waals surface area (Å²) < 4.78 is 6.98. The van der Waals surface area contributed by atoms with Crippen LogP contribution in [0.15, 0.2) is 54.7 Å². The van der Waals surface area contributed by atoms with Gasteiger partial charge in [-0.3, -0.25) is 9.59 Å². The molecule has 1 aromatic heterocycles. The van der Waals surface area contributed by atoms with Gasteiger partial charge in [-0.25, -0.2) is 0 Å². The number of anilines is 1. The van der Waals surface area contributed by atoms with Crippen molar-refractivity contribution >= 4 is 40.1 Å². The Morgan fingerprint density at radius 2 is 1.92 bits per heavy atom. The molecular formula is C20H16N2O3. The van der Waals surface area contributed by atoms with Gasteiger partial charge < -0.3 is 14.6 Å². The van der Waals surface area contributed by atoms with Gasteiger partial charge in [-0.15, -0.1) is 0 Å². The van der Waals surface area contributed by atoms with E-state index in [0.29, 0.717) is 5.57 Å². The summed E-state index contributed by atoms with van der Waals surface area (Å²) in [5.74, 6) is -0.445. The second-order valence-electron chi connectivity index (χ2n) is 5.89.